The molecule has 0 N–H and O–H groups in total. The lowest BCUT2D eigenvalue weighted by molar-refractivity contribution is -0.0206. The van der Waals surface area contributed by atoms with Crippen LogP contribution in [0.1, 0.15) is 38.3 Å². The third-order valence-corrected chi connectivity index (χ3v) is 10.2. The molecule has 5 aromatic rings. The van der Waals surface area contributed by atoms with Crippen LogP contribution in [0.3, 0.4) is 0 Å². The van der Waals surface area contributed by atoms with Crippen molar-refractivity contribution < 1.29 is 18.3 Å². The van der Waals surface area contributed by atoms with Gasteiger partial charge in [-0.25, -0.2) is 32.5 Å². The molecule has 11 nitrogen and oxygen atoms in total. The Balaban J connectivity index is 0.923. The van der Waals surface area contributed by atoms with Crippen LogP contribution in [0.4, 0.5) is 20.2 Å². The summed E-state index contributed by atoms with van der Waals surface area (Å²) in [5.41, 5.74) is 2.08. The average Bonchev–Trinajstić information content (AvgIpc) is 3.90. The minimum atomic E-state index is -1.02. The normalized spacial score (nSPS) is 20.5. The lowest BCUT2D eigenvalue weighted by atomic mass is 9.87. The SMILES string of the molecule is CC[C@@H]([C@H](C)Cl)n1ncn(-c2ccc(N3CCN(c4ccc(OC[C@@H]5CO[C@@](Cn6cncn6)(c6ccc(F)cc6F)C5)cc4)CC3)cc2)c1=O. The van der Waals surface area contributed by atoms with Crippen molar-refractivity contribution in [2.24, 2.45) is 5.92 Å². The highest BCUT2D eigenvalue weighted by atomic mass is 35.5. The van der Waals surface area contributed by atoms with Gasteiger partial charge in [0.15, 0.2) is 0 Å². The number of ether oxygens (including phenoxy) is 2. The van der Waals surface area contributed by atoms with Crippen LogP contribution in [0.25, 0.3) is 5.69 Å². The first kappa shape index (κ1) is 34.7. The first-order chi connectivity index (χ1) is 24.7. The van der Waals surface area contributed by atoms with Crippen LogP contribution < -0.4 is 20.2 Å². The van der Waals surface area contributed by atoms with Crippen molar-refractivity contribution in [1.29, 1.82) is 0 Å². The van der Waals surface area contributed by atoms with E-state index in [-0.39, 0.29) is 29.6 Å². The Morgan fingerprint density at radius 2 is 1.61 bits per heavy atom. The zero-order valence-corrected chi connectivity index (χ0v) is 29.4. The van der Waals surface area contributed by atoms with Gasteiger partial charge in [-0.1, -0.05) is 13.0 Å². The Morgan fingerprint density at radius 3 is 2.22 bits per heavy atom. The van der Waals surface area contributed by atoms with Crippen molar-refractivity contribution in [2.75, 3.05) is 49.2 Å². The second-order valence-corrected chi connectivity index (χ2v) is 14.0. The van der Waals surface area contributed by atoms with Crippen molar-refractivity contribution in [2.45, 2.75) is 50.3 Å². The Hall–Kier alpha value is -4.75. The van der Waals surface area contributed by atoms with Crippen LogP contribution in [0, 0.1) is 17.6 Å². The Labute approximate surface area is 300 Å². The number of benzene rings is 3. The number of nitrogens with zero attached hydrogens (tertiary/aromatic N) is 8. The Kier molecular flexibility index (Phi) is 10.1. The van der Waals surface area contributed by atoms with Gasteiger partial charge < -0.3 is 19.3 Å². The van der Waals surface area contributed by atoms with Crippen molar-refractivity contribution >= 4 is 23.0 Å². The smallest absolute Gasteiger partial charge is 0.350 e. The molecule has 2 aliphatic heterocycles. The predicted molar refractivity (Wildman–Crippen MR) is 191 cm³/mol. The number of halogens is 3. The molecule has 0 bridgehead atoms. The van der Waals surface area contributed by atoms with Crippen molar-refractivity contribution in [1.82, 2.24) is 29.1 Å². The molecule has 2 aliphatic rings. The van der Waals surface area contributed by atoms with E-state index in [9.17, 15) is 13.6 Å². The molecule has 14 heteroatoms. The van der Waals surface area contributed by atoms with E-state index in [1.165, 1.54) is 23.1 Å². The molecule has 0 radical (unpaired) electrons. The second-order valence-electron chi connectivity index (χ2n) is 13.3. The lowest BCUT2D eigenvalue weighted by Gasteiger charge is -2.37. The van der Waals surface area contributed by atoms with E-state index in [4.69, 9.17) is 21.1 Å². The molecule has 51 heavy (non-hydrogen) atoms. The summed E-state index contributed by atoms with van der Waals surface area (Å²) >= 11 is 6.30. The summed E-state index contributed by atoms with van der Waals surface area (Å²) in [6.07, 6.45) is 5.74. The fourth-order valence-corrected chi connectivity index (χ4v) is 7.50. The molecule has 4 atom stereocenters. The van der Waals surface area contributed by atoms with E-state index in [1.807, 2.05) is 50.2 Å². The van der Waals surface area contributed by atoms with Gasteiger partial charge in [0.1, 0.15) is 42.0 Å². The Bertz CT molecular complexity index is 1960. The Morgan fingerprint density at radius 1 is 0.941 bits per heavy atom. The monoisotopic (exact) mass is 718 g/mol. The molecule has 2 fully saturated rings. The first-order valence-electron chi connectivity index (χ1n) is 17.3. The molecule has 268 valence electrons. The maximum absolute atomic E-state index is 15.0. The van der Waals surface area contributed by atoms with Crippen molar-refractivity contribution in [3.63, 3.8) is 0 Å². The molecule has 0 unspecified atom stereocenters. The summed E-state index contributed by atoms with van der Waals surface area (Å²) < 4.78 is 45.7. The largest absolute Gasteiger partial charge is 0.493 e. The highest BCUT2D eigenvalue weighted by Crippen LogP contribution is 2.42. The third-order valence-electron chi connectivity index (χ3n) is 9.94. The number of aromatic nitrogens is 6. The van der Waals surface area contributed by atoms with Crippen molar-refractivity contribution in [3.05, 3.63) is 113 Å². The van der Waals surface area contributed by atoms with E-state index in [0.717, 1.165) is 61.5 Å². The second kappa shape index (κ2) is 14.8. The van der Waals surface area contributed by atoms with Crippen LogP contribution in [0.15, 0.2) is 90.5 Å². The van der Waals surface area contributed by atoms with Crippen molar-refractivity contribution in [3.8, 4) is 11.4 Å². The molecular formula is C37H41ClF2N8O3. The summed E-state index contributed by atoms with van der Waals surface area (Å²) in [6, 6.07) is 19.5. The molecule has 0 saturated carbocycles. The lowest BCUT2D eigenvalue weighted by Crippen LogP contribution is -2.46. The number of alkyl halides is 1. The molecule has 0 amide bonds. The van der Waals surface area contributed by atoms with Gasteiger partial charge in [0, 0.05) is 55.1 Å². The van der Waals surface area contributed by atoms with Crippen LogP contribution in [0.5, 0.6) is 5.75 Å². The minimum absolute atomic E-state index is 0.00780. The van der Waals surface area contributed by atoms with Gasteiger partial charge in [-0.05, 0) is 74.4 Å². The molecule has 3 aromatic carbocycles. The third kappa shape index (κ3) is 7.36. The van der Waals surface area contributed by atoms with Gasteiger partial charge in [-0.3, -0.25) is 0 Å². The molecule has 0 aliphatic carbocycles. The van der Waals surface area contributed by atoms with E-state index in [1.54, 1.807) is 21.9 Å². The van der Waals surface area contributed by atoms with Crippen LogP contribution in [-0.2, 0) is 16.9 Å². The maximum Gasteiger partial charge on any atom is 0.350 e. The van der Waals surface area contributed by atoms with Gasteiger partial charge in [0.25, 0.3) is 0 Å². The summed E-state index contributed by atoms with van der Waals surface area (Å²) in [7, 11) is 0. The highest BCUT2D eigenvalue weighted by molar-refractivity contribution is 6.20. The zero-order valence-electron chi connectivity index (χ0n) is 28.6. The van der Waals surface area contributed by atoms with E-state index < -0.39 is 17.2 Å². The molecule has 2 saturated heterocycles. The van der Waals surface area contributed by atoms with Crippen LogP contribution in [-0.4, -0.2) is 73.9 Å². The average molecular weight is 719 g/mol. The maximum atomic E-state index is 15.0. The number of rotatable bonds is 12. The van der Waals surface area contributed by atoms with E-state index in [0.29, 0.717) is 25.2 Å². The molecule has 0 spiro atoms. The summed E-state index contributed by atoms with van der Waals surface area (Å²) in [5, 5.41) is 8.31. The van der Waals surface area contributed by atoms with Crippen LogP contribution >= 0.6 is 11.6 Å². The molecular weight excluding hydrogens is 678 g/mol. The fraction of sp³-hybridized carbons (Fsp3) is 0.405. The number of hydrogen-bond donors (Lipinski definition) is 0. The van der Waals surface area contributed by atoms with Gasteiger partial charge >= 0.3 is 5.69 Å². The fourth-order valence-electron chi connectivity index (χ4n) is 7.21. The number of hydrogen-bond acceptors (Lipinski definition) is 8. The first-order valence-corrected chi connectivity index (χ1v) is 17.7. The van der Waals surface area contributed by atoms with Gasteiger partial charge in [-0.15, -0.1) is 11.6 Å². The number of anilines is 2. The molecule has 4 heterocycles. The van der Waals surface area contributed by atoms with E-state index in [2.05, 4.69) is 37.1 Å². The topological polar surface area (TPSA) is 95.5 Å². The molecule has 7 rings (SSSR count). The number of piperazine rings is 1. The van der Waals surface area contributed by atoms with Gasteiger partial charge in [0.2, 0.25) is 0 Å². The molecule has 2 aromatic heterocycles. The summed E-state index contributed by atoms with van der Waals surface area (Å²) in [6.45, 7) is 8.31. The predicted octanol–water partition coefficient (Wildman–Crippen LogP) is 5.82. The standard InChI is InChI=1S/C37H41ClF2N8O3/c1-3-35(26(2)38)48-36(49)47(25-43-48)31-7-5-29(6-8-31)44-14-16-45(17-15-44)30-9-11-32(12-10-30)50-20-27-19-37(51-21-27,22-46-24-41-23-42-46)33-13-4-28(39)18-34(33)40/h4-13,18,23-27,35H,3,14-17,19-22H2,1-2H3/t26-,27+,35-,37-/m0/s1. The quantitative estimate of drug-likeness (QED) is 0.149. The minimum Gasteiger partial charge on any atom is -0.493 e. The van der Waals surface area contributed by atoms with Crippen LogP contribution in [0.2, 0.25) is 0 Å². The zero-order chi connectivity index (χ0) is 35.5. The summed E-state index contributed by atoms with van der Waals surface area (Å²) in [4.78, 5) is 21.7. The highest BCUT2D eigenvalue weighted by Gasteiger charge is 2.44. The summed E-state index contributed by atoms with van der Waals surface area (Å²) in [5.74, 6) is -0.547. The van der Waals surface area contributed by atoms with Gasteiger partial charge in [0.05, 0.1) is 36.9 Å². The van der Waals surface area contributed by atoms with Gasteiger partial charge in [-0.2, -0.15) is 10.2 Å². The van der Waals surface area contributed by atoms with E-state index >= 15 is 0 Å².